The summed E-state index contributed by atoms with van der Waals surface area (Å²) in [6, 6.07) is 9.90. The largest absolute Gasteiger partial charge is 0.490 e. The van der Waals surface area contributed by atoms with Gasteiger partial charge >= 0.3 is 5.97 Å². The molecule has 0 bridgehead atoms. The maximum absolute atomic E-state index is 14.4. The van der Waals surface area contributed by atoms with Gasteiger partial charge in [0, 0.05) is 17.7 Å². The van der Waals surface area contributed by atoms with E-state index < -0.39 is 23.7 Å². The fraction of sp³-hybridized carbons (Fsp3) is 0.348. The van der Waals surface area contributed by atoms with Gasteiger partial charge in [-0.3, -0.25) is 9.59 Å². The number of amides is 1. The van der Waals surface area contributed by atoms with Crippen LogP contribution in [-0.4, -0.2) is 35.1 Å². The number of halogens is 1. The average Bonchev–Trinajstić information content (AvgIpc) is 3.27. The maximum atomic E-state index is 14.4. The monoisotopic (exact) mass is 442 g/mol. The predicted molar refractivity (Wildman–Crippen MR) is 118 cm³/mol. The van der Waals surface area contributed by atoms with Gasteiger partial charge in [-0.2, -0.15) is 4.99 Å². The highest BCUT2D eigenvalue weighted by molar-refractivity contribution is 6.02. The zero-order chi connectivity index (χ0) is 23.1. The number of nitrogens with one attached hydrogen (secondary N) is 1. The first-order valence-corrected chi connectivity index (χ1v) is 10.5. The molecule has 0 aromatic heterocycles. The van der Waals surface area contributed by atoms with E-state index in [-0.39, 0.29) is 30.6 Å². The van der Waals surface area contributed by atoms with Gasteiger partial charge in [0.15, 0.2) is 5.96 Å². The zero-order valence-corrected chi connectivity index (χ0v) is 17.6. The van der Waals surface area contributed by atoms with E-state index in [1.54, 1.807) is 24.3 Å². The van der Waals surface area contributed by atoms with E-state index in [9.17, 15) is 14.0 Å². The minimum Gasteiger partial charge on any atom is -0.490 e. The van der Waals surface area contributed by atoms with E-state index in [0.29, 0.717) is 16.9 Å². The second kappa shape index (κ2) is 10.7. The van der Waals surface area contributed by atoms with Crippen molar-refractivity contribution in [2.75, 3.05) is 0 Å². The van der Waals surface area contributed by atoms with Gasteiger partial charge in [-0.05, 0) is 61.9 Å². The molecular weight excluding hydrogens is 415 g/mol. The summed E-state index contributed by atoms with van der Waals surface area (Å²) in [4.78, 5) is 27.0. The number of aliphatic imine (C=N–C) groups is 1. The van der Waals surface area contributed by atoms with Crippen LogP contribution in [0.4, 0.5) is 4.39 Å². The number of ether oxygens (including phenoxy) is 1. The molecule has 32 heavy (non-hydrogen) atoms. The number of aliphatic carboxylic acids is 1. The molecule has 0 heterocycles. The van der Waals surface area contributed by atoms with Gasteiger partial charge in [0.2, 0.25) is 0 Å². The van der Waals surface area contributed by atoms with Gasteiger partial charge < -0.3 is 26.6 Å². The van der Waals surface area contributed by atoms with Gasteiger partial charge in [0.25, 0.3) is 5.91 Å². The van der Waals surface area contributed by atoms with E-state index in [2.05, 4.69) is 10.3 Å². The Morgan fingerprint density at radius 2 is 1.88 bits per heavy atom. The van der Waals surface area contributed by atoms with Gasteiger partial charge in [0.1, 0.15) is 17.6 Å². The molecule has 6 N–H and O–H groups in total. The maximum Gasteiger partial charge on any atom is 0.320 e. The van der Waals surface area contributed by atoms with E-state index in [4.69, 9.17) is 21.3 Å². The van der Waals surface area contributed by atoms with Crippen molar-refractivity contribution in [2.24, 2.45) is 16.5 Å². The van der Waals surface area contributed by atoms with Crippen LogP contribution in [0, 0.1) is 5.82 Å². The molecule has 0 aliphatic heterocycles. The molecule has 3 rings (SSSR count). The SMILES string of the molecule is N/C(=N\C(=O)c1ccc(C[C@H](N)C(=O)O)cc1)NCc1c(F)cccc1OC1CCCC1. The Balaban J connectivity index is 1.61. The standard InChI is InChI=1S/C23H27FN4O4/c24-18-6-3-7-20(32-16-4-1-2-5-16)17(18)13-27-23(26)28-21(29)15-10-8-14(9-11-15)12-19(25)22(30)31/h3,6-11,16,19H,1-2,4-5,12-13,25H2,(H,30,31)(H3,26,27,28,29)/t19-/m0/s1. The number of carboxylic acid groups (broad SMARTS) is 1. The lowest BCUT2D eigenvalue weighted by molar-refractivity contribution is -0.138. The van der Waals surface area contributed by atoms with E-state index in [1.165, 1.54) is 18.2 Å². The van der Waals surface area contributed by atoms with Crippen molar-refractivity contribution in [3.63, 3.8) is 0 Å². The van der Waals surface area contributed by atoms with Crippen LogP contribution < -0.4 is 21.5 Å². The number of rotatable bonds is 8. The lowest BCUT2D eigenvalue weighted by Gasteiger charge is -2.17. The fourth-order valence-electron chi connectivity index (χ4n) is 3.52. The number of hydrogen-bond acceptors (Lipinski definition) is 4. The third-order valence-electron chi connectivity index (χ3n) is 5.31. The number of nitrogens with two attached hydrogens (primary N) is 2. The van der Waals surface area contributed by atoms with E-state index in [0.717, 1.165) is 25.7 Å². The third kappa shape index (κ3) is 6.27. The smallest absolute Gasteiger partial charge is 0.320 e. The molecule has 2 aromatic carbocycles. The van der Waals surface area contributed by atoms with Gasteiger partial charge in [0.05, 0.1) is 6.10 Å². The Morgan fingerprint density at radius 3 is 2.53 bits per heavy atom. The molecule has 0 unspecified atom stereocenters. The van der Waals surface area contributed by atoms with Crippen LogP contribution in [0.3, 0.4) is 0 Å². The molecule has 9 heteroatoms. The lowest BCUT2D eigenvalue weighted by Crippen LogP contribution is -2.32. The van der Waals surface area contributed by atoms with E-state index in [1.807, 2.05) is 0 Å². The highest BCUT2D eigenvalue weighted by atomic mass is 19.1. The molecule has 170 valence electrons. The quantitative estimate of drug-likeness (QED) is 0.363. The summed E-state index contributed by atoms with van der Waals surface area (Å²) in [7, 11) is 0. The molecule has 8 nitrogen and oxygen atoms in total. The summed E-state index contributed by atoms with van der Waals surface area (Å²) in [6.07, 6.45) is 4.32. The van der Waals surface area contributed by atoms with Crippen LogP contribution in [0.1, 0.15) is 47.2 Å². The molecule has 1 aliphatic rings. The summed E-state index contributed by atoms with van der Waals surface area (Å²) < 4.78 is 20.3. The van der Waals surface area contributed by atoms with Crippen molar-refractivity contribution in [2.45, 2.75) is 50.8 Å². The number of carbonyl (C=O) groups excluding carboxylic acids is 1. The number of carbonyl (C=O) groups is 2. The van der Waals surface area contributed by atoms with Crippen LogP contribution in [0.2, 0.25) is 0 Å². The minimum absolute atomic E-state index is 0.0172. The molecule has 0 saturated heterocycles. The molecule has 0 radical (unpaired) electrons. The van der Waals surface area contributed by atoms with Crippen molar-refractivity contribution in [1.82, 2.24) is 5.32 Å². The number of carboxylic acids is 1. The Bertz CT molecular complexity index is 988. The van der Waals surface area contributed by atoms with Crippen LogP contribution in [-0.2, 0) is 17.8 Å². The Hall–Kier alpha value is -3.46. The van der Waals surface area contributed by atoms with Crippen molar-refractivity contribution in [3.8, 4) is 5.75 Å². The van der Waals surface area contributed by atoms with Gasteiger partial charge in [-0.1, -0.05) is 18.2 Å². The van der Waals surface area contributed by atoms with Crippen LogP contribution in [0.25, 0.3) is 0 Å². The summed E-state index contributed by atoms with van der Waals surface area (Å²) in [6.45, 7) is 0.0172. The molecule has 1 aliphatic carbocycles. The number of guanidine groups is 1. The van der Waals surface area contributed by atoms with Gasteiger partial charge in [-0.25, -0.2) is 4.39 Å². The first kappa shape index (κ1) is 23.2. The second-order valence-electron chi connectivity index (χ2n) is 7.74. The summed E-state index contributed by atoms with van der Waals surface area (Å²) in [5, 5.41) is 11.6. The van der Waals surface area contributed by atoms with Crippen molar-refractivity contribution in [3.05, 3.63) is 65.0 Å². The number of nitrogens with zero attached hydrogens (tertiary/aromatic N) is 1. The first-order valence-electron chi connectivity index (χ1n) is 10.5. The molecule has 1 atom stereocenters. The lowest BCUT2D eigenvalue weighted by atomic mass is 10.0. The highest BCUT2D eigenvalue weighted by Gasteiger charge is 2.19. The predicted octanol–water partition coefficient (Wildman–Crippen LogP) is 2.35. The highest BCUT2D eigenvalue weighted by Crippen LogP contribution is 2.28. The molecule has 1 fully saturated rings. The first-order chi connectivity index (χ1) is 15.3. The molecule has 1 saturated carbocycles. The molecular formula is C23H27FN4O4. The van der Waals surface area contributed by atoms with E-state index >= 15 is 0 Å². The number of hydrogen-bond donors (Lipinski definition) is 4. The van der Waals surface area contributed by atoms with Gasteiger partial charge in [-0.15, -0.1) is 0 Å². The molecule has 2 aromatic rings. The van der Waals surface area contributed by atoms with Crippen LogP contribution in [0.5, 0.6) is 5.75 Å². The topological polar surface area (TPSA) is 140 Å². The number of benzene rings is 2. The van der Waals surface area contributed by atoms with Crippen molar-refractivity contribution in [1.29, 1.82) is 0 Å². The summed E-state index contributed by atoms with van der Waals surface area (Å²) in [5.41, 5.74) is 12.6. The second-order valence-corrected chi connectivity index (χ2v) is 7.74. The van der Waals surface area contributed by atoms with Crippen molar-refractivity contribution < 1.29 is 23.8 Å². The third-order valence-corrected chi connectivity index (χ3v) is 5.31. The Labute approximate surface area is 185 Å². The van der Waals surface area contributed by atoms with Crippen LogP contribution in [0.15, 0.2) is 47.5 Å². The van der Waals surface area contributed by atoms with Crippen LogP contribution >= 0.6 is 0 Å². The Morgan fingerprint density at radius 1 is 1.19 bits per heavy atom. The molecule has 1 amide bonds. The normalized spacial score (nSPS) is 15.4. The zero-order valence-electron chi connectivity index (χ0n) is 17.6. The van der Waals surface area contributed by atoms with Crippen molar-refractivity contribution >= 4 is 17.8 Å². The fourth-order valence-corrected chi connectivity index (χ4v) is 3.52. The molecule has 0 spiro atoms. The summed E-state index contributed by atoms with van der Waals surface area (Å²) in [5.74, 6) is -1.80. The Kier molecular flexibility index (Phi) is 7.77. The minimum atomic E-state index is -1.10. The average molecular weight is 442 g/mol. The summed E-state index contributed by atoms with van der Waals surface area (Å²) >= 11 is 0.